The molecule has 2 rings (SSSR count). The molecule has 0 radical (unpaired) electrons. The number of ether oxygens (including phenoxy) is 1. The minimum Gasteiger partial charge on any atom is -0.496 e. The second kappa shape index (κ2) is 9.18. The number of halogens is 1. The molecular weight excluding hydrogens is 312 g/mol. The number of methoxy groups -OCH3 is 1. The molecule has 0 spiro atoms. The molecule has 5 heteroatoms. The third-order valence-electron chi connectivity index (χ3n) is 3.60. The number of hydrogen-bond donors (Lipinski definition) is 2. The first-order valence-corrected chi connectivity index (χ1v) is 7.34. The summed E-state index contributed by atoms with van der Waals surface area (Å²) < 4.78 is 5.32. The SMILES string of the molecule is COc1ccccc1C(C)NC(=O)C(N)Cc1ccccc1.Cl. The number of benzene rings is 2. The molecular formula is C18H23ClN2O2. The van der Waals surface area contributed by atoms with Crippen LogP contribution in [0.3, 0.4) is 0 Å². The number of carbonyl (C=O) groups is 1. The molecule has 124 valence electrons. The van der Waals surface area contributed by atoms with Gasteiger partial charge in [-0.1, -0.05) is 48.5 Å². The number of nitrogens with one attached hydrogen (secondary N) is 1. The van der Waals surface area contributed by atoms with Gasteiger partial charge in [-0.3, -0.25) is 4.79 Å². The van der Waals surface area contributed by atoms with Crippen molar-refractivity contribution in [2.24, 2.45) is 5.73 Å². The molecule has 2 aromatic rings. The molecule has 0 saturated carbocycles. The highest BCUT2D eigenvalue weighted by atomic mass is 35.5. The van der Waals surface area contributed by atoms with Crippen LogP contribution in [0.25, 0.3) is 0 Å². The van der Waals surface area contributed by atoms with Gasteiger partial charge in [-0.2, -0.15) is 0 Å². The molecule has 3 N–H and O–H groups in total. The minimum atomic E-state index is -0.570. The van der Waals surface area contributed by atoms with Crippen molar-refractivity contribution < 1.29 is 9.53 Å². The van der Waals surface area contributed by atoms with Crippen LogP contribution in [-0.4, -0.2) is 19.1 Å². The van der Waals surface area contributed by atoms with E-state index >= 15 is 0 Å². The van der Waals surface area contributed by atoms with Crippen molar-refractivity contribution in [1.29, 1.82) is 0 Å². The molecule has 0 aliphatic rings. The van der Waals surface area contributed by atoms with E-state index in [1.165, 1.54) is 0 Å². The molecule has 0 fully saturated rings. The van der Waals surface area contributed by atoms with E-state index in [9.17, 15) is 4.79 Å². The standard InChI is InChI=1S/C18H22N2O2.ClH/c1-13(15-10-6-7-11-17(15)22-2)20-18(21)16(19)12-14-8-4-3-5-9-14;/h3-11,13,16H,12,19H2,1-2H3,(H,20,21);1H. The lowest BCUT2D eigenvalue weighted by atomic mass is 10.0. The Hall–Kier alpha value is -2.04. The van der Waals surface area contributed by atoms with Gasteiger partial charge in [0.25, 0.3) is 0 Å². The van der Waals surface area contributed by atoms with E-state index in [0.717, 1.165) is 16.9 Å². The van der Waals surface area contributed by atoms with Gasteiger partial charge in [0.2, 0.25) is 5.91 Å². The maximum Gasteiger partial charge on any atom is 0.237 e. The summed E-state index contributed by atoms with van der Waals surface area (Å²) in [4.78, 5) is 12.3. The van der Waals surface area contributed by atoms with Crippen molar-refractivity contribution in [1.82, 2.24) is 5.32 Å². The third-order valence-corrected chi connectivity index (χ3v) is 3.60. The van der Waals surface area contributed by atoms with E-state index in [-0.39, 0.29) is 24.4 Å². The van der Waals surface area contributed by atoms with Gasteiger partial charge in [-0.25, -0.2) is 0 Å². The zero-order valence-corrected chi connectivity index (χ0v) is 14.2. The van der Waals surface area contributed by atoms with Crippen LogP contribution in [0.4, 0.5) is 0 Å². The van der Waals surface area contributed by atoms with Crippen molar-refractivity contribution in [2.75, 3.05) is 7.11 Å². The summed E-state index contributed by atoms with van der Waals surface area (Å²) in [6, 6.07) is 16.7. The third kappa shape index (κ3) is 5.27. The van der Waals surface area contributed by atoms with Crippen LogP contribution in [0.1, 0.15) is 24.1 Å². The first kappa shape index (κ1) is 19.0. The fraction of sp³-hybridized carbons (Fsp3) is 0.278. The molecule has 23 heavy (non-hydrogen) atoms. The number of carbonyl (C=O) groups excluding carboxylic acids is 1. The summed E-state index contributed by atoms with van der Waals surface area (Å²) in [5.41, 5.74) is 7.99. The summed E-state index contributed by atoms with van der Waals surface area (Å²) in [5.74, 6) is 0.592. The number of nitrogens with two attached hydrogens (primary N) is 1. The van der Waals surface area contributed by atoms with Crippen molar-refractivity contribution >= 4 is 18.3 Å². The lowest BCUT2D eigenvalue weighted by Crippen LogP contribution is -2.43. The van der Waals surface area contributed by atoms with Crippen LogP contribution in [0.15, 0.2) is 54.6 Å². The van der Waals surface area contributed by atoms with Crippen LogP contribution in [0.2, 0.25) is 0 Å². The highest BCUT2D eigenvalue weighted by Gasteiger charge is 2.18. The predicted octanol–water partition coefficient (Wildman–Crippen LogP) is 2.86. The quantitative estimate of drug-likeness (QED) is 0.853. The summed E-state index contributed by atoms with van der Waals surface area (Å²) in [6.45, 7) is 1.92. The molecule has 1 amide bonds. The molecule has 0 aliphatic heterocycles. The Labute approximate surface area is 143 Å². The summed E-state index contributed by atoms with van der Waals surface area (Å²) in [7, 11) is 1.62. The number of amides is 1. The molecule has 2 unspecified atom stereocenters. The average molecular weight is 335 g/mol. The monoisotopic (exact) mass is 334 g/mol. The molecule has 2 atom stereocenters. The summed E-state index contributed by atoms with van der Waals surface area (Å²) in [5, 5.41) is 2.95. The highest BCUT2D eigenvalue weighted by molar-refractivity contribution is 5.85. The van der Waals surface area contributed by atoms with Crippen molar-refractivity contribution in [3.05, 3.63) is 65.7 Å². The van der Waals surface area contributed by atoms with E-state index < -0.39 is 6.04 Å². The van der Waals surface area contributed by atoms with E-state index in [0.29, 0.717) is 6.42 Å². The van der Waals surface area contributed by atoms with Crippen LogP contribution < -0.4 is 15.8 Å². The topological polar surface area (TPSA) is 64.3 Å². The lowest BCUT2D eigenvalue weighted by molar-refractivity contribution is -0.123. The predicted molar refractivity (Wildman–Crippen MR) is 94.9 cm³/mol. The minimum absolute atomic E-state index is 0. The Balaban J connectivity index is 0.00000264. The fourth-order valence-corrected chi connectivity index (χ4v) is 2.38. The van der Waals surface area contributed by atoms with Crippen LogP contribution in [-0.2, 0) is 11.2 Å². The zero-order chi connectivity index (χ0) is 15.9. The van der Waals surface area contributed by atoms with Gasteiger partial charge in [0.1, 0.15) is 5.75 Å². The van der Waals surface area contributed by atoms with Crippen LogP contribution in [0, 0.1) is 0 Å². The average Bonchev–Trinajstić information content (AvgIpc) is 2.55. The van der Waals surface area contributed by atoms with Gasteiger partial charge in [-0.15, -0.1) is 12.4 Å². The van der Waals surface area contributed by atoms with E-state index in [2.05, 4.69) is 5.32 Å². The molecule has 0 aromatic heterocycles. The first-order valence-electron chi connectivity index (χ1n) is 7.34. The highest BCUT2D eigenvalue weighted by Crippen LogP contribution is 2.24. The van der Waals surface area contributed by atoms with Gasteiger partial charge in [0, 0.05) is 5.56 Å². The van der Waals surface area contributed by atoms with Crippen molar-refractivity contribution in [3.63, 3.8) is 0 Å². The molecule has 0 saturated heterocycles. The smallest absolute Gasteiger partial charge is 0.237 e. The van der Waals surface area contributed by atoms with Gasteiger partial charge >= 0.3 is 0 Å². The Kier molecular flexibility index (Phi) is 7.59. The first-order chi connectivity index (χ1) is 10.6. The van der Waals surface area contributed by atoms with E-state index in [4.69, 9.17) is 10.5 Å². The number of hydrogen-bond acceptors (Lipinski definition) is 3. The second-order valence-corrected chi connectivity index (χ2v) is 5.27. The van der Waals surface area contributed by atoms with E-state index in [1.807, 2.05) is 61.5 Å². The number of para-hydroxylation sites is 1. The Bertz CT molecular complexity index is 619. The van der Waals surface area contributed by atoms with Crippen molar-refractivity contribution in [3.8, 4) is 5.75 Å². The molecule has 0 bridgehead atoms. The summed E-state index contributed by atoms with van der Waals surface area (Å²) in [6.07, 6.45) is 0.519. The Morgan fingerprint density at radius 2 is 1.74 bits per heavy atom. The fourth-order valence-electron chi connectivity index (χ4n) is 2.38. The molecule has 4 nitrogen and oxygen atoms in total. The zero-order valence-electron chi connectivity index (χ0n) is 13.4. The Morgan fingerprint density at radius 3 is 2.39 bits per heavy atom. The number of rotatable bonds is 6. The maximum absolute atomic E-state index is 12.3. The van der Waals surface area contributed by atoms with Gasteiger partial charge in [0.05, 0.1) is 19.2 Å². The maximum atomic E-state index is 12.3. The van der Waals surface area contributed by atoms with Crippen LogP contribution >= 0.6 is 12.4 Å². The molecule has 2 aromatic carbocycles. The lowest BCUT2D eigenvalue weighted by Gasteiger charge is -2.19. The van der Waals surface area contributed by atoms with Gasteiger partial charge in [-0.05, 0) is 25.0 Å². The Morgan fingerprint density at radius 1 is 1.13 bits per heavy atom. The van der Waals surface area contributed by atoms with Crippen LogP contribution in [0.5, 0.6) is 5.75 Å². The normalized spacial score (nSPS) is 12.7. The van der Waals surface area contributed by atoms with Gasteiger partial charge in [0.15, 0.2) is 0 Å². The summed E-state index contributed by atoms with van der Waals surface area (Å²) >= 11 is 0. The van der Waals surface area contributed by atoms with Crippen molar-refractivity contribution in [2.45, 2.75) is 25.4 Å². The second-order valence-electron chi connectivity index (χ2n) is 5.27. The largest absolute Gasteiger partial charge is 0.496 e. The molecule has 0 aliphatic carbocycles. The molecule has 0 heterocycles. The van der Waals surface area contributed by atoms with Gasteiger partial charge < -0.3 is 15.8 Å². The van der Waals surface area contributed by atoms with E-state index in [1.54, 1.807) is 7.11 Å².